The van der Waals surface area contributed by atoms with Gasteiger partial charge in [-0.2, -0.15) is 0 Å². The predicted octanol–water partition coefficient (Wildman–Crippen LogP) is 2.89. The van der Waals surface area contributed by atoms with E-state index in [1.807, 2.05) is 36.4 Å². The van der Waals surface area contributed by atoms with Gasteiger partial charge in [0, 0.05) is 12.1 Å². The standard InChI is InChI=1S/C18H18N2O2/c1-22-15-10-3-2-8-13(15)17-19-18(21)14-9-4-6-12-7-5-11-20(17)16(12)14/h2-4,6,8-10,17H,5,7,11H2,1H3,(H,19,21)/t17-/m1/s1. The zero-order valence-electron chi connectivity index (χ0n) is 12.5. The molecule has 0 bridgehead atoms. The van der Waals surface area contributed by atoms with Crippen molar-refractivity contribution < 1.29 is 9.53 Å². The fourth-order valence-corrected chi connectivity index (χ4v) is 3.54. The highest BCUT2D eigenvalue weighted by Gasteiger charge is 2.36. The van der Waals surface area contributed by atoms with Gasteiger partial charge in [0.05, 0.1) is 18.4 Å². The molecule has 2 aromatic rings. The molecule has 4 nitrogen and oxygen atoms in total. The minimum atomic E-state index is -0.169. The molecular formula is C18H18N2O2. The van der Waals surface area contributed by atoms with Gasteiger partial charge in [0.1, 0.15) is 11.9 Å². The number of ether oxygens (including phenoxy) is 1. The van der Waals surface area contributed by atoms with E-state index in [-0.39, 0.29) is 12.1 Å². The molecule has 0 fully saturated rings. The summed E-state index contributed by atoms with van der Waals surface area (Å²) in [6.45, 7) is 0.938. The van der Waals surface area contributed by atoms with E-state index in [1.165, 1.54) is 5.56 Å². The highest BCUT2D eigenvalue weighted by Crippen LogP contribution is 2.40. The molecule has 2 aliphatic heterocycles. The second-order valence-electron chi connectivity index (χ2n) is 5.73. The quantitative estimate of drug-likeness (QED) is 0.926. The van der Waals surface area contributed by atoms with Crippen molar-refractivity contribution in [1.82, 2.24) is 5.32 Å². The van der Waals surface area contributed by atoms with E-state index in [9.17, 15) is 4.79 Å². The molecule has 2 heterocycles. The number of carbonyl (C=O) groups is 1. The fourth-order valence-electron chi connectivity index (χ4n) is 3.54. The predicted molar refractivity (Wildman–Crippen MR) is 85.3 cm³/mol. The van der Waals surface area contributed by atoms with Crippen LogP contribution in [-0.4, -0.2) is 19.6 Å². The molecule has 0 unspecified atom stereocenters. The lowest BCUT2D eigenvalue weighted by molar-refractivity contribution is 0.0925. The number of carbonyl (C=O) groups excluding carboxylic acids is 1. The van der Waals surface area contributed by atoms with Crippen LogP contribution in [0, 0.1) is 0 Å². The molecule has 0 aromatic heterocycles. The fraction of sp³-hybridized carbons (Fsp3) is 0.278. The van der Waals surface area contributed by atoms with Crippen LogP contribution in [-0.2, 0) is 6.42 Å². The summed E-state index contributed by atoms with van der Waals surface area (Å²) in [6.07, 6.45) is 1.96. The Morgan fingerprint density at radius 2 is 2.05 bits per heavy atom. The number of benzene rings is 2. The van der Waals surface area contributed by atoms with Crippen LogP contribution < -0.4 is 15.0 Å². The third kappa shape index (κ3) is 1.87. The number of nitrogens with one attached hydrogen (secondary N) is 1. The smallest absolute Gasteiger partial charge is 0.255 e. The van der Waals surface area contributed by atoms with Crippen molar-refractivity contribution in [3.05, 3.63) is 59.2 Å². The van der Waals surface area contributed by atoms with Gasteiger partial charge in [-0.3, -0.25) is 4.79 Å². The molecule has 1 amide bonds. The summed E-state index contributed by atoms with van der Waals surface area (Å²) in [5.41, 5.74) is 4.14. The molecule has 4 rings (SSSR count). The molecule has 0 saturated heterocycles. The van der Waals surface area contributed by atoms with Crippen molar-refractivity contribution in [3.8, 4) is 5.75 Å². The summed E-state index contributed by atoms with van der Waals surface area (Å²) in [5.74, 6) is 0.796. The number of aryl methyl sites for hydroxylation is 1. The van der Waals surface area contributed by atoms with Crippen LogP contribution in [0.3, 0.4) is 0 Å². The van der Waals surface area contributed by atoms with Gasteiger partial charge in [0.15, 0.2) is 0 Å². The van der Waals surface area contributed by atoms with Gasteiger partial charge < -0.3 is 15.0 Å². The third-order valence-corrected chi connectivity index (χ3v) is 4.51. The van der Waals surface area contributed by atoms with Gasteiger partial charge in [0.25, 0.3) is 5.91 Å². The van der Waals surface area contributed by atoms with E-state index < -0.39 is 0 Å². The van der Waals surface area contributed by atoms with Crippen molar-refractivity contribution in [2.75, 3.05) is 18.6 Å². The van der Waals surface area contributed by atoms with E-state index in [0.717, 1.165) is 42.0 Å². The van der Waals surface area contributed by atoms with Crippen LogP contribution in [0.2, 0.25) is 0 Å². The van der Waals surface area contributed by atoms with Crippen LogP contribution in [0.15, 0.2) is 42.5 Å². The summed E-state index contributed by atoms with van der Waals surface area (Å²) in [7, 11) is 1.67. The van der Waals surface area contributed by atoms with Crippen LogP contribution in [0.5, 0.6) is 5.75 Å². The average Bonchev–Trinajstić information content (AvgIpc) is 2.58. The zero-order chi connectivity index (χ0) is 15.1. The highest BCUT2D eigenvalue weighted by molar-refractivity contribution is 6.03. The Kier molecular flexibility index (Phi) is 3.03. The SMILES string of the molecule is COc1ccccc1[C@@H]1NC(=O)c2cccc3c2N1CCC3. The summed E-state index contributed by atoms with van der Waals surface area (Å²) in [6, 6.07) is 13.9. The van der Waals surface area contributed by atoms with E-state index in [0.29, 0.717) is 0 Å². The number of hydrogen-bond donors (Lipinski definition) is 1. The van der Waals surface area contributed by atoms with Gasteiger partial charge in [-0.15, -0.1) is 0 Å². The first-order valence-electron chi connectivity index (χ1n) is 7.62. The molecule has 112 valence electrons. The second kappa shape index (κ2) is 5.05. The first kappa shape index (κ1) is 13.2. The van der Waals surface area contributed by atoms with Crippen LogP contribution in [0.4, 0.5) is 5.69 Å². The monoisotopic (exact) mass is 294 g/mol. The maximum Gasteiger partial charge on any atom is 0.255 e. The summed E-state index contributed by atoms with van der Waals surface area (Å²) < 4.78 is 5.48. The summed E-state index contributed by atoms with van der Waals surface area (Å²) in [5, 5.41) is 3.13. The number of nitrogens with zero attached hydrogens (tertiary/aromatic N) is 1. The molecule has 0 radical (unpaired) electrons. The van der Waals surface area contributed by atoms with Gasteiger partial charge >= 0.3 is 0 Å². The number of para-hydroxylation sites is 2. The lowest BCUT2D eigenvalue weighted by atomic mass is 9.93. The summed E-state index contributed by atoms with van der Waals surface area (Å²) >= 11 is 0. The van der Waals surface area contributed by atoms with E-state index in [1.54, 1.807) is 7.11 Å². The van der Waals surface area contributed by atoms with Crippen LogP contribution in [0.1, 0.15) is 34.1 Å². The molecule has 2 aromatic carbocycles. The molecular weight excluding hydrogens is 276 g/mol. The largest absolute Gasteiger partial charge is 0.496 e. The summed E-state index contributed by atoms with van der Waals surface area (Å²) in [4.78, 5) is 14.8. The zero-order valence-corrected chi connectivity index (χ0v) is 12.5. The minimum Gasteiger partial charge on any atom is -0.496 e. The van der Waals surface area contributed by atoms with Gasteiger partial charge in [-0.1, -0.05) is 30.3 Å². The number of anilines is 1. The van der Waals surface area contributed by atoms with Crippen molar-refractivity contribution in [2.45, 2.75) is 19.0 Å². The van der Waals surface area contributed by atoms with Crippen molar-refractivity contribution >= 4 is 11.6 Å². The Hall–Kier alpha value is -2.49. The maximum atomic E-state index is 12.5. The van der Waals surface area contributed by atoms with Gasteiger partial charge in [-0.05, 0) is 30.5 Å². The Bertz CT molecular complexity index is 742. The Morgan fingerprint density at radius 3 is 2.91 bits per heavy atom. The molecule has 2 aliphatic rings. The first-order chi connectivity index (χ1) is 10.8. The Labute approximate surface area is 129 Å². The number of rotatable bonds is 2. The van der Waals surface area contributed by atoms with Crippen LogP contribution in [0.25, 0.3) is 0 Å². The van der Waals surface area contributed by atoms with E-state index in [4.69, 9.17) is 4.74 Å². The Balaban J connectivity index is 1.87. The Morgan fingerprint density at radius 1 is 1.18 bits per heavy atom. The van der Waals surface area contributed by atoms with Crippen molar-refractivity contribution in [2.24, 2.45) is 0 Å². The van der Waals surface area contributed by atoms with E-state index >= 15 is 0 Å². The molecule has 22 heavy (non-hydrogen) atoms. The number of hydrogen-bond acceptors (Lipinski definition) is 3. The van der Waals surface area contributed by atoms with Gasteiger partial charge in [0.2, 0.25) is 0 Å². The van der Waals surface area contributed by atoms with Crippen molar-refractivity contribution in [3.63, 3.8) is 0 Å². The molecule has 0 aliphatic carbocycles. The molecule has 0 spiro atoms. The normalized spacial score (nSPS) is 19.4. The van der Waals surface area contributed by atoms with Gasteiger partial charge in [-0.25, -0.2) is 0 Å². The topological polar surface area (TPSA) is 41.6 Å². The average molecular weight is 294 g/mol. The maximum absolute atomic E-state index is 12.5. The highest BCUT2D eigenvalue weighted by atomic mass is 16.5. The molecule has 1 atom stereocenters. The van der Waals surface area contributed by atoms with Crippen LogP contribution >= 0.6 is 0 Å². The molecule has 0 saturated carbocycles. The molecule has 4 heteroatoms. The third-order valence-electron chi connectivity index (χ3n) is 4.51. The lowest BCUT2D eigenvalue weighted by Gasteiger charge is -2.43. The number of amides is 1. The first-order valence-corrected chi connectivity index (χ1v) is 7.62. The van der Waals surface area contributed by atoms with Crippen molar-refractivity contribution in [1.29, 1.82) is 0 Å². The minimum absolute atomic E-state index is 0.00842. The number of methoxy groups -OCH3 is 1. The molecule has 1 N–H and O–H groups in total. The second-order valence-corrected chi connectivity index (χ2v) is 5.73. The lowest BCUT2D eigenvalue weighted by Crippen LogP contribution is -2.48. The van der Waals surface area contributed by atoms with E-state index in [2.05, 4.69) is 16.3 Å².